The molecular weight excluding hydrogens is 607 g/mol. The Kier molecular flexibility index (Phi) is 6.63. The number of benzene rings is 6. The molecule has 3 nitrogen and oxygen atoms in total. The molecule has 0 radical (unpaired) electrons. The van der Waals surface area contributed by atoms with E-state index in [9.17, 15) is 0 Å². The van der Waals surface area contributed by atoms with E-state index < -0.39 is 0 Å². The molecule has 0 amide bonds. The fourth-order valence-corrected chi connectivity index (χ4v) is 8.03. The van der Waals surface area contributed by atoms with Gasteiger partial charge in [-0.25, -0.2) is 4.98 Å². The van der Waals surface area contributed by atoms with Gasteiger partial charge in [-0.2, -0.15) is 0 Å². The molecule has 3 heteroatoms. The maximum atomic E-state index is 5.50. The van der Waals surface area contributed by atoms with Crippen LogP contribution in [-0.2, 0) is 12.8 Å². The zero-order chi connectivity index (χ0) is 33.0. The van der Waals surface area contributed by atoms with Gasteiger partial charge in [0.05, 0.1) is 28.1 Å². The number of pyridine rings is 1. The number of hydrogen-bond donors (Lipinski definition) is 0. The quantitative estimate of drug-likeness (QED) is 0.184. The number of hydrogen-bond acceptors (Lipinski definition) is 1. The van der Waals surface area contributed by atoms with Crippen molar-refractivity contribution in [3.05, 3.63) is 187 Å². The monoisotopic (exact) mass is 639 g/mol. The second kappa shape index (κ2) is 11.6. The molecule has 6 aromatic carbocycles. The van der Waals surface area contributed by atoms with Crippen LogP contribution in [0.3, 0.4) is 0 Å². The Labute approximate surface area is 291 Å². The minimum Gasteiger partial charge on any atom is -0.307 e. The van der Waals surface area contributed by atoms with Gasteiger partial charge in [-0.15, -0.1) is 0 Å². The molecule has 0 saturated carbocycles. The van der Waals surface area contributed by atoms with Crippen LogP contribution in [0.2, 0.25) is 0 Å². The number of nitrogens with zero attached hydrogens (tertiary/aromatic N) is 3. The maximum absolute atomic E-state index is 5.50. The maximum Gasteiger partial charge on any atom is 0.138 e. The van der Waals surface area contributed by atoms with Crippen molar-refractivity contribution in [2.75, 3.05) is 0 Å². The van der Waals surface area contributed by atoms with Crippen molar-refractivity contribution >= 4 is 21.8 Å². The molecule has 0 unspecified atom stereocenters. The predicted octanol–water partition coefficient (Wildman–Crippen LogP) is 11.7. The first-order valence-electron chi connectivity index (χ1n) is 17.4. The highest BCUT2D eigenvalue weighted by atomic mass is 15.1. The third-order valence-corrected chi connectivity index (χ3v) is 10.2. The highest BCUT2D eigenvalue weighted by Gasteiger charge is 2.31. The predicted molar refractivity (Wildman–Crippen MR) is 207 cm³/mol. The van der Waals surface area contributed by atoms with Gasteiger partial charge in [-0.1, -0.05) is 121 Å². The number of fused-ring (bicyclic) bond motifs is 7. The molecule has 0 aliphatic heterocycles. The summed E-state index contributed by atoms with van der Waals surface area (Å²) in [6, 6.07) is 63.1. The van der Waals surface area contributed by atoms with Crippen LogP contribution < -0.4 is 0 Å². The van der Waals surface area contributed by atoms with Crippen molar-refractivity contribution in [1.82, 2.24) is 14.1 Å². The average Bonchev–Trinajstić information content (AvgIpc) is 3.72. The van der Waals surface area contributed by atoms with Gasteiger partial charge in [0.15, 0.2) is 0 Å². The van der Waals surface area contributed by atoms with Crippen molar-refractivity contribution < 1.29 is 0 Å². The van der Waals surface area contributed by atoms with Gasteiger partial charge in [0.1, 0.15) is 5.82 Å². The summed E-state index contributed by atoms with van der Waals surface area (Å²) in [6.07, 6.45) is 1.98. The van der Waals surface area contributed by atoms with Gasteiger partial charge in [0.25, 0.3) is 0 Å². The lowest BCUT2D eigenvalue weighted by Gasteiger charge is -2.21. The Morgan fingerprint density at radius 1 is 0.380 bits per heavy atom. The first kappa shape index (κ1) is 28.6. The van der Waals surface area contributed by atoms with E-state index in [0.717, 1.165) is 29.9 Å². The second-order valence-corrected chi connectivity index (χ2v) is 13.1. The third-order valence-electron chi connectivity index (χ3n) is 10.2. The Hall–Kier alpha value is -6.45. The van der Waals surface area contributed by atoms with Crippen LogP contribution in [0, 0.1) is 0 Å². The van der Waals surface area contributed by atoms with E-state index in [1.165, 1.54) is 72.3 Å². The van der Waals surface area contributed by atoms with Gasteiger partial charge in [-0.05, 0) is 101 Å². The second-order valence-electron chi connectivity index (χ2n) is 13.1. The number of aromatic nitrogens is 3. The van der Waals surface area contributed by atoms with Crippen LogP contribution in [0.4, 0.5) is 0 Å². The zero-order valence-corrected chi connectivity index (χ0v) is 27.5. The van der Waals surface area contributed by atoms with E-state index in [2.05, 4.69) is 185 Å². The molecule has 3 aromatic heterocycles. The SMILES string of the molecule is c1ccc(-c2cc(-c3ccccc3)cc(-c3cccc(-n4c5c(c6ccccc64)CCc4c-5n(-c5ccccc5)c5ccccc45)n3)c2)cc1. The van der Waals surface area contributed by atoms with E-state index in [1.54, 1.807) is 0 Å². The summed E-state index contributed by atoms with van der Waals surface area (Å²) >= 11 is 0. The van der Waals surface area contributed by atoms with E-state index in [0.29, 0.717) is 0 Å². The Morgan fingerprint density at radius 3 is 1.46 bits per heavy atom. The van der Waals surface area contributed by atoms with Crippen LogP contribution in [0.5, 0.6) is 0 Å². The summed E-state index contributed by atoms with van der Waals surface area (Å²) in [6.45, 7) is 0. The van der Waals surface area contributed by atoms with Gasteiger partial charge >= 0.3 is 0 Å². The molecule has 0 spiro atoms. The van der Waals surface area contributed by atoms with E-state index >= 15 is 0 Å². The molecule has 0 bridgehead atoms. The minimum atomic E-state index is 0.920. The minimum absolute atomic E-state index is 0.920. The molecule has 0 fully saturated rings. The lowest BCUT2D eigenvalue weighted by atomic mass is 9.92. The van der Waals surface area contributed by atoms with Crippen molar-refractivity contribution in [3.63, 3.8) is 0 Å². The summed E-state index contributed by atoms with van der Waals surface area (Å²) in [5.74, 6) is 0.920. The third kappa shape index (κ3) is 4.55. The number of rotatable bonds is 5. The first-order valence-corrected chi connectivity index (χ1v) is 17.4. The molecule has 3 heterocycles. The molecule has 0 N–H and O–H groups in total. The fourth-order valence-electron chi connectivity index (χ4n) is 8.03. The highest BCUT2D eigenvalue weighted by Crippen LogP contribution is 2.46. The van der Waals surface area contributed by atoms with E-state index in [1.807, 2.05) is 0 Å². The van der Waals surface area contributed by atoms with Gasteiger partial charge in [0.2, 0.25) is 0 Å². The Bertz CT molecular complexity index is 2620. The molecule has 0 saturated heterocycles. The van der Waals surface area contributed by atoms with Gasteiger partial charge in [0, 0.05) is 22.0 Å². The molecular formula is C47H33N3. The summed E-state index contributed by atoms with van der Waals surface area (Å²) in [4.78, 5) is 5.50. The molecule has 10 rings (SSSR count). The Balaban J connectivity index is 1.23. The summed E-state index contributed by atoms with van der Waals surface area (Å²) in [7, 11) is 0. The van der Waals surface area contributed by atoms with Crippen LogP contribution in [0.1, 0.15) is 11.1 Å². The standard InChI is InChI=1S/C47H33N3/c1-4-15-32(16-5-1)34-29-35(33-17-6-2-7-18-33)31-36(30-34)42-23-14-26-45(48-42)50-44-25-13-11-22-39(44)41-28-27-40-38-21-10-12-24-43(38)49(46(40)47(41)50)37-19-8-3-9-20-37/h1-26,29-31H,27-28H2. The molecule has 1 aliphatic carbocycles. The molecule has 0 atom stereocenters. The van der Waals surface area contributed by atoms with Crippen molar-refractivity contribution in [3.8, 4) is 56.4 Å². The number of aryl methyl sites for hydroxylation is 2. The Morgan fingerprint density at radius 2 is 0.860 bits per heavy atom. The van der Waals surface area contributed by atoms with Crippen LogP contribution in [-0.4, -0.2) is 14.1 Å². The van der Waals surface area contributed by atoms with Crippen molar-refractivity contribution in [1.29, 1.82) is 0 Å². The van der Waals surface area contributed by atoms with E-state index in [4.69, 9.17) is 4.98 Å². The lowest BCUT2D eigenvalue weighted by molar-refractivity contribution is 0.914. The van der Waals surface area contributed by atoms with Crippen LogP contribution in [0.25, 0.3) is 78.2 Å². The average molecular weight is 640 g/mol. The molecule has 236 valence electrons. The van der Waals surface area contributed by atoms with Crippen molar-refractivity contribution in [2.45, 2.75) is 12.8 Å². The highest BCUT2D eigenvalue weighted by molar-refractivity contribution is 6.00. The van der Waals surface area contributed by atoms with Crippen LogP contribution >= 0.6 is 0 Å². The number of para-hydroxylation sites is 3. The van der Waals surface area contributed by atoms with Crippen molar-refractivity contribution in [2.24, 2.45) is 0 Å². The summed E-state index contributed by atoms with van der Waals surface area (Å²) in [5.41, 5.74) is 15.7. The molecule has 50 heavy (non-hydrogen) atoms. The summed E-state index contributed by atoms with van der Waals surface area (Å²) < 4.78 is 4.89. The zero-order valence-electron chi connectivity index (χ0n) is 27.5. The first-order chi connectivity index (χ1) is 24.8. The van der Waals surface area contributed by atoms with Gasteiger partial charge in [-0.3, -0.25) is 4.57 Å². The normalized spacial score (nSPS) is 12.2. The lowest BCUT2D eigenvalue weighted by Crippen LogP contribution is -2.10. The summed E-state index contributed by atoms with van der Waals surface area (Å²) in [5, 5.41) is 2.62. The largest absolute Gasteiger partial charge is 0.307 e. The molecule has 1 aliphatic rings. The fraction of sp³-hybridized carbons (Fsp3) is 0.0426. The van der Waals surface area contributed by atoms with Gasteiger partial charge < -0.3 is 4.57 Å². The van der Waals surface area contributed by atoms with Crippen LogP contribution in [0.15, 0.2) is 176 Å². The molecule has 9 aromatic rings. The van der Waals surface area contributed by atoms with E-state index in [-0.39, 0.29) is 0 Å². The topological polar surface area (TPSA) is 22.8 Å². The smallest absolute Gasteiger partial charge is 0.138 e.